The normalized spacial score (nSPS) is 44.7. The van der Waals surface area contributed by atoms with Crippen molar-refractivity contribution >= 4 is 0 Å². The van der Waals surface area contributed by atoms with Crippen molar-refractivity contribution in [2.24, 2.45) is 0 Å². The van der Waals surface area contributed by atoms with Gasteiger partial charge in [-0.2, -0.15) is 0 Å². The Labute approximate surface area is 64.2 Å². The van der Waals surface area contributed by atoms with Crippen molar-refractivity contribution in [3.63, 3.8) is 0 Å². The summed E-state index contributed by atoms with van der Waals surface area (Å²) in [6, 6.07) is 0. The van der Waals surface area contributed by atoms with E-state index in [1.54, 1.807) is 0 Å². The fourth-order valence-corrected chi connectivity index (χ4v) is 0.992. The van der Waals surface area contributed by atoms with Gasteiger partial charge in [-0.25, -0.2) is 0 Å². The largest absolute Gasteiger partial charge is 0.393 e. The van der Waals surface area contributed by atoms with Gasteiger partial charge < -0.3 is 24.8 Å². The predicted octanol–water partition coefficient (Wildman–Crippen LogP) is -1.93. The fraction of sp³-hybridized carbons (Fsp3) is 1.00. The molecule has 0 aromatic carbocycles. The molecule has 3 N–H and O–H groups in total. The van der Waals surface area contributed by atoms with Crippen LogP contribution in [-0.4, -0.2) is 53.6 Å². The van der Waals surface area contributed by atoms with E-state index < -0.39 is 24.6 Å². The van der Waals surface area contributed by atoms with E-state index in [1.165, 1.54) is 7.11 Å². The molecule has 1 saturated heterocycles. The second kappa shape index (κ2) is 3.04. The first kappa shape index (κ1) is 8.89. The predicted molar refractivity (Wildman–Crippen MR) is 34.8 cm³/mol. The van der Waals surface area contributed by atoms with E-state index in [9.17, 15) is 10.2 Å². The lowest BCUT2D eigenvalue weighted by Crippen LogP contribution is -2.47. The molecule has 0 amide bonds. The summed E-state index contributed by atoms with van der Waals surface area (Å²) in [5.41, 5.74) is -1.57. The zero-order valence-electron chi connectivity index (χ0n) is 6.23. The number of rotatable bonds is 2. The Hall–Kier alpha value is -0.200. The summed E-state index contributed by atoms with van der Waals surface area (Å²) >= 11 is 0. The van der Waals surface area contributed by atoms with Gasteiger partial charge in [0.2, 0.25) is 0 Å². The third-order valence-electron chi connectivity index (χ3n) is 1.81. The quantitative estimate of drug-likeness (QED) is 0.443. The highest BCUT2D eigenvalue weighted by atomic mass is 16.7. The molecule has 1 heterocycles. The zero-order valence-corrected chi connectivity index (χ0v) is 6.23. The minimum Gasteiger partial charge on any atom is -0.393 e. The van der Waals surface area contributed by atoms with Crippen LogP contribution in [0.2, 0.25) is 0 Å². The van der Waals surface area contributed by atoms with Crippen molar-refractivity contribution in [1.82, 2.24) is 0 Å². The molecule has 0 aromatic rings. The number of hydrogen-bond donors (Lipinski definition) is 3. The molecule has 11 heavy (non-hydrogen) atoms. The topological polar surface area (TPSA) is 79.2 Å². The van der Waals surface area contributed by atoms with E-state index in [0.29, 0.717) is 0 Å². The maximum Gasteiger partial charge on any atom is 0.186 e. The monoisotopic (exact) mass is 164 g/mol. The number of methoxy groups -OCH3 is 1. The van der Waals surface area contributed by atoms with Crippen molar-refractivity contribution in [1.29, 1.82) is 0 Å². The van der Waals surface area contributed by atoms with Crippen LogP contribution in [0.3, 0.4) is 0 Å². The minimum absolute atomic E-state index is 0.108. The van der Waals surface area contributed by atoms with Crippen molar-refractivity contribution < 1.29 is 24.8 Å². The molecule has 66 valence electrons. The average Bonchev–Trinajstić information content (AvgIpc) is 2.31. The van der Waals surface area contributed by atoms with Gasteiger partial charge in [-0.3, -0.25) is 0 Å². The molecular formula is C6H12O5. The first-order valence-corrected chi connectivity index (χ1v) is 3.30. The average molecular weight is 164 g/mol. The van der Waals surface area contributed by atoms with Crippen molar-refractivity contribution in [3.05, 3.63) is 0 Å². The van der Waals surface area contributed by atoms with Gasteiger partial charge in [0.05, 0.1) is 13.2 Å². The Morgan fingerprint density at radius 2 is 2.36 bits per heavy atom. The molecule has 0 unspecified atom stereocenters. The maximum absolute atomic E-state index is 9.37. The van der Waals surface area contributed by atoms with E-state index in [1.807, 2.05) is 0 Å². The van der Waals surface area contributed by atoms with E-state index in [2.05, 4.69) is 4.74 Å². The van der Waals surface area contributed by atoms with Crippen LogP contribution in [0.1, 0.15) is 0 Å². The summed E-state index contributed by atoms with van der Waals surface area (Å²) in [7, 11) is 1.36. The van der Waals surface area contributed by atoms with Crippen molar-refractivity contribution in [3.8, 4) is 0 Å². The van der Waals surface area contributed by atoms with Gasteiger partial charge in [-0.05, 0) is 0 Å². The van der Waals surface area contributed by atoms with Gasteiger partial charge in [0.1, 0.15) is 11.7 Å². The molecule has 0 radical (unpaired) electrons. The summed E-state index contributed by atoms with van der Waals surface area (Å²) in [5.74, 6) is 0. The first-order valence-electron chi connectivity index (χ1n) is 3.30. The van der Waals surface area contributed by atoms with Crippen LogP contribution >= 0.6 is 0 Å². The molecule has 0 spiro atoms. The molecule has 1 fully saturated rings. The lowest BCUT2D eigenvalue weighted by Gasteiger charge is -2.22. The molecule has 0 saturated carbocycles. The lowest BCUT2D eigenvalue weighted by atomic mass is 10.0. The summed E-state index contributed by atoms with van der Waals surface area (Å²) in [6.07, 6.45) is -2.02. The smallest absolute Gasteiger partial charge is 0.186 e. The van der Waals surface area contributed by atoms with Crippen LogP contribution in [0, 0.1) is 0 Å². The Kier molecular flexibility index (Phi) is 2.46. The van der Waals surface area contributed by atoms with Gasteiger partial charge >= 0.3 is 0 Å². The molecule has 5 heteroatoms. The molecular weight excluding hydrogens is 152 g/mol. The molecule has 0 aromatic heterocycles. The van der Waals surface area contributed by atoms with Crippen molar-refractivity contribution in [2.45, 2.75) is 18.0 Å². The van der Waals surface area contributed by atoms with Gasteiger partial charge in [0.25, 0.3) is 0 Å². The number of aliphatic hydroxyl groups excluding tert-OH is 2. The first-order chi connectivity index (χ1) is 5.14. The van der Waals surface area contributed by atoms with Gasteiger partial charge in [-0.15, -0.1) is 0 Å². The van der Waals surface area contributed by atoms with E-state index >= 15 is 0 Å². The van der Waals surface area contributed by atoms with Crippen LogP contribution in [0.4, 0.5) is 0 Å². The van der Waals surface area contributed by atoms with E-state index in [-0.39, 0.29) is 6.61 Å². The lowest BCUT2D eigenvalue weighted by molar-refractivity contribution is -0.146. The standard InChI is InChI=1S/C6H12O5/c1-10-5-4(8)6(9,2-7)3-11-5/h4-5,7-9H,2-3H2,1H3/t4-,5-,6+/m0/s1. The van der Waals surface area contributed by atoms with Crippen LogP contribution in [0.15, 0.2) is 0 Å². The Bertz CT molecular complexity index is 139. The second-order valence-electron chi connectivity index (χ2n) is 2.62. The third-order valence-corrected chi connectivity index (χ3v) is 1.81. The number of hydrogen-bond acceptors (Lipinski definition) is 5. The Morgan fingerprint density at radius 1 is 1.73 bits per heavy atom. The maximum atomic E-state index is 9.37. The van der Waals surface area contributed by atoms with Gasteiger partial charge in [0.15, 0.2) is 6.29 Å². The summed E-state index contributed by atoms with van der Waals surface area (Å²) in [6.45, 7) is -0.642. The Morgan fingerprint density at radius 3 is 2.64 bits per heavy atom. The van der Waals surface area contributed by atoms with E-state index in [4.69, 9.17) is 9.84 Å². The second-order valence-corrected chi connectivity index (χ2v) is 2.62. The molecule has 1 aliphatic heterocycles. The van der Waals surface area contributed by atoms with Crippen LogP contribution in [0.5, 0.6) is 0 Å². The third kappa shape index (κ3) is 1.38. The molecule has 0 bridgehead atoms. The Balaban J connectivity index is 2.61. The van der Waals surface area contributed by atoms with Crippen molar-refractivity contribution in [2.75, 3.05) is 20.3 Å². The van der Waals surface area contributed by atoms with Crippen LogP contribution in [0.25, 0.3) is 0 Å². The van der Waals surface area contributed by atoms with Gasteiger partial charge in [-0.1, -0.05) is 0 Å². The van der Waals surface area contributed by atoms with Crippen LogP contribution in [-0.2, 0) is 9.47 Å². The van der Waals surface area contributed by atoms with E-state index in [0.717, 1.165) is 0 Å². The highest BCUT2D eigenvalue weighted by Crippen LogP contribution is 2.24. The highest BCUT2D eigenvalue weighted by molar-refractivity contribution is 4.93. The molecule has 1 aliphatic rings. The fourth-order valence-electron chi connectivity index (χ4n) is 0.992. The summed E-state index contributed by atoms with van der Waals surface area (Å²) < 4.78 is 9.52. The molecule has 5 nitrogen and oxygen atoms in total. The molecule has 0 aliphatic carbocycles. The highest BCUT2D eigenvalue weighted by Gasteiger charge is 2.47. The SMILES string of the molecule is CO[C@H]1OC[C@](O)(CO)[C@H]1O. The zero-order chi connectivity index (χ0) is 8.48. The minimum atomic E-state index is -1.57. The summed E-state index contributed by atoms with van der Waals surface area (Å²) in [4.78, 5) is 0. The van der Waals surface area contributed by atoms with Crippen LogP contribution < -0.4 is 0 Å². The number of ether oxygens (including phenoxy) is 2. The summed E-state index contributed by atoms with van der Waals surface area (Å²) in [5, 5.41) is 27.3. The molecule has 3 atom stereocenters. The number of aliphatic hydroxyl groups is 3. The van der Waals surface area contributed by atoms with Gasteiger partial charge in [0, 0.05) is 7.11 Å². The molecule has 1 rings (SSSR count).